The van der Waals surface area contributed by atoms with E-state index in [2.05, 4.69) is 6.92 Å². The predicted molar refractivity (Wildman–Crippen MR) is 95.0 cm³/mol. The van der Waals surface area contributed by atoms with Crippen LogP contribution in [0, 0.1) is 0 Å². The highest BCUT2D eigenvalue weighted by atomic mass is 16.5. The molecule has 0 heterocycles. The average Bonchev–Trinajstić information content (AvgIpc) is 2.57. The van der Waals surface area contributed by atoms with Crippen LogP contribution in [-0.2, 0) is 11.2 Å². The summed E-state index contributed by atoms with van der Waals surface area (Å²) < 4.78 is 5.92. The summed E-state index contributed by atoms with van der Waals surface area (Å²) in [5.41, 5.74) is 0.968. The van der Waals surface area contributed by atoms with Crippen molar-refractivity contribution in [3.05, 3.63) is 60.2 Å². The molecule has 23 heavy (non-hydrogen) atoms. The van der Waals surface area contributed by atoms with Gasteiger partial charge in [0, 0.05) is 18.4 Å². The molecular weight excluding hydrogens is 284 g/mol. The Morgan fingerprint density at radius 3 is 2.35 bits per heavy atom. The predicted octanol–water partition coefficient (Wildman–Crippen LogP) is 5.95. The van der Waals surface area contributed by atoms with Gasteiger partial charge < -0.3 is 4.74 Å². The molecule has 0 aliphatic rings. The first kappa shape index (κ1) is 17.3. The first-order valence-electron chi connectivity index (χ1n) is 8.62. The molecule has 2 nitrogen and oxygen atoms in total. The van der Waals surface area contributed by atoms with Crippen molar-refractivity contribution >= 4 is 5.78 Å². The average molecular weight is 310 g/mol. The Hall–Kier alpha value is -2.09. The lowest BCUT2D eigenvalue weighted by Crippen LogP contribution is -2.04. The number of hydrogen-bond acceptors (Lipinski definition) is 2. The Labute approximate surface area is 139 Å². The van der Waals surface area contributed by atoms with Crippen LogP contribution in [0.3, 0.4) is 0 Å². The van der Waals surface area contributed by atoms with Crippen molar-refractivity contribution in [2.75, 3.05) is 0 Å². The van der Waals surface area contributed by atoms with Gasteiger partial charge in [-0.1, -0.05) is 69.0 Å². The van der Waals surface area contributed by atoms with Crippen LogP contribution in [0.25, 0.3) is 0 Å². The van der Waals surface area contributed by atoms with Crippen molar-refractivity contribution in [2.45, 2.75) is 51.9 Å². The highest BCUT2D eigenvalue weighted by Crippen LogP contribution is 2.25. The van der Waals surface area contributed by atoms with Crippen LogP contribution in [0.5, 0.6) is 11.5 Å². The van der Waals surface area contributed by atoms with E-state index < -0.39 is 0 Å². The molecule has 0 unspecified atom stereocenters. The molecule has 0 aromatic heterocycles. The van der Waals surface area contributed by atoms with Crippen molar-refractivity contribution in [2.24, 2.45) is 0 Å². The highest BCUT2D eigenvalue weighted by Gasteiger charge is 2.09. The summed E-state index contributed by atoms with van der Waals surface area (Å²) in [6.45, 7) is 2.20. The fraction of sp³-hybridized carbons (Fsp3) is 0.381. The van der Waals surface area contributed by atoms with E-state index in [0.717, 1.165) is 29.9 Å². The van der Waals surface area contributed by atoms with Crippen LogP contribution in [0.4, 0.5) is 0 Å². The zero-order valence-corrected chi connectivity index (χ0v) is 14.0. The largest absolute Gasteiger partial charge is 0.457 e. The van der Waals surface area contributed by atoms with E-state index in [4.69, 9.17) is 4.74 Å². The maximum Gasteiger partial charge on any atom is 0.137 e. The molecule has 0 aliphatic heterocycles. The third-order valence-corrected chi connectivity index (χ3v) is 3.89. The van der Waals surface area contributed by atoms with Crippen LogP contribution in [-0.4, -0.2) is 5.78 Å². The fourth-order valence-corrected chi connectivity index (χ4v) is 2.59. The number of unbranched alkanes of at least 4 members (excludes halogenated alkanes) is 4. The third-order valence-electron chi connectivity index (χ3n) is 3.89. The van der Waals surface area contributed by atoms with Crippen LogP contribution in [0.2, 0.25) is 0 Å². The van der Waals surface area contributed by atoms with Crippen LogP contribution in [0.15, 0.2) is 54.6 Å². The first-order valence-corrected chi connectivity index (χ1v) is 8.62. The molecule has 2 aromatic rings. The van der Waals surface area contributed by atoms with Crippen LogP contribution < -0.4 is 4.74 Å². The lowest BCUT2D eigenvalue weighted by Gasteiger charge is -2.10. The summed E-state index contributed by atoms with van der Waals surface area (Å²) in [4.78, 5) is 12.2. The van der Waals surface area contributed by atoms with Gasteiger partial charge in [-0.25, -0.2) is 0 Å². The molecule has 0 atom stereocenters. The SMILES string of the molecule is CCCCCCCC(=O)Cc1ccccc1Oc1ccccc1. The minimum Gasteiger partial charge on any atom is -0.457 e. The second-order valence-electron chi connectivity index (χ2n) is 5.90. The maximum atomic E-state index is 12.2. The number of hydrogen-bond donors (Lipinski definition) is 0. The molecule has 0 aliphatic carbocycles. The Morgan fingerprint density at radius 1 is 0.870 bits per heavy atom. The van der Waals surface area contributed by atoms with Gasteiger partial charge in [0.1, 0.15) is 17.3 Å². The minimum atomic E-state index is 0.297. The third kappa shape index (κ3) is 6.27. The van der Waals surface area contributed by atoms with Crippen LogP contribution in [0.1, 0.15) is 51.0 Å². The number of carbonyl (C=O) groups is 1. The molecule has 0 N–H and O–H groups in total. The van der Waals surface area contributed by atoms with Gasteiger partial charge in [-0.05, 0) is 24.6 Å². The van der Waals surface area contributed by atoms with E-state index in [9.17, 15) is 4.79 Å². The van der Waals surface area contributed by atoms with Gasteiger partial charge in [0.2, 0.25) is 0 Å². The molecule has 0 saturated heterocycles. The van der Waals surface area contributed by atoms with E-state index in [0.29, 0.717) is 18.6 Å². The standard InChI is InChI=1S/C21H26O2/c1-2-3-4-5-7-13-19(22)17-18-12-10-11-16-21(18)23-20-14-8-6-9-15-20/h6,8-12,14-16H,2-5,7,13,17H2,1H3. The molecule has 0 spiro atoms. The van der Waals surface area contributed by atoms with E-state index in [1.165, 1.54) is 19.3 Å². The zero-order valence-electron chi connectivity index (χ0n) is 14.0. The lowest BCUT2D eigenvalue weighted by atomic mass is 10.0. The van der Waals surface area contributed by atoms with E-state index in [-0.39, 0.29) is 0 Å². The Balaban J connectivity index is 1.88. The summed E-state index contributed by atoms with van der Waals surface area (Å²) in [7, 11) is 0. The first-order chi connectivity index (χ1) is 11.3. The van der Waals surface area contributed by atoms with Crippen molar-refractivity contribution in [3.8, 4) is 11.5 Å². The molecular formula is C21H26O2. The number of para-hydroxylation sites is 2. The smallest absolute Gasteiger partial charge is 0.137 e. The van der Waals surface area contributed by atoms with Crippen molar-refractivity contribution < 1.29 is 9.53 Å². The molecule has 2 aromatic carbocycles. The van der Waals surface area contributed by atoms with Gasteiger partial charge in [0.15, 0.2) is 0 Å². The zero-order chi connectivity index (χ0) is 16.3. The van der Waals surface area contributed by atoms with Crippen molar-refractivity contribution in [1.82, 2.24) is 0 Å². The highest BCUT2D eigenvalue weighted by molar-refractivity contribution is 5.81. The second kappa shape index (κ2) is 9.83. The van der Waals surface area contributed by atoms with Gasteiger partial charge in [0.05, 0.1) is 0 Å². The minimum absolute atomic E-state index is 0.297. The summed E-state index contributed by atoms with van der Waals surface area (Å²) in [6.07, 6.45) is 7.01. The Morgan fingerprint density at radius 2 is 1.57 bits per heavy atom. The van der Waals surface area contributed by atoms with Crippen molar-refractivity contribution in [3.63, 3.8) is 0 Å². The number of ketones is 1. The molecule has 0 fully saturated rings. The van der Waals surface area contributed by atoms with Crippen molar-refractivity contribution in [1.29, 1.82) is 0 Å². The number of benzene rings is 2. The maximum absolute atomic E-state index is 12.2. The normalized spacial score (nSPS) is 10.5. The lowest BCUT2D eigenvalue weighted by molar-refractivity contribution is -0.118. The Bertz CT molecular complexity index is 590. The molecule has 0 radical (unpaired) electrons. The summed E-state index contributed by atoms with van der Waals surface area (Å²) in [5, 5.41) is 0. The van der Waals surface area contributed by atoms with Gasteiger partial charge >= 0.3 is 0 Å². The molecule has 0 bridgehead atoms. The van der Waals surface area contributed by atoms with E-state index >= 15 is 0 Å². The molecule has 2 heteroatoms. The van der Waals surface area contributed by atoms with E-state index in [1.807, 2.05) is 54.6 Å². The molecule has 0 saturated carbocycles. The Kier molecular flexibility index (Phi) is 7.38. The molecule has 2 rings (SSSR count). The van der Waals surface area contributed by atoms with Gasteiger partial charge in [-0.3, -0.25) is 4.79 Å². The topological polar surface area (TPSA) is 26.3 Å². The van der Waals surface area contributed by atoms with E-state index in [1.54, 1.807) is 0 Å². The monoisotopic (exact) mass is 310 g/mol. The van der Waals surface area contributed by atoms with Gasteiger partial charge in [0.25, 0.3) is 0 Å². The summed E-state index contributed by atoms with van der Waals surface area (Å²) in [6, 6.07) is 17.5. The van der Waals surface area contributed by atoms with Gasteiger partial charge in [-0.15, -0.1) is 0 Å². The molecule has 122 valence electrons. The quantitative estimate of drug-likeness (QED) is 0.507. The number of rotatable bonds is 10. The number of ether oxygens (including phenoxy) is 1. The molecule has 0 amide bonds. The number of Topliss-reactive ketones (excluding diaryl/α,β-unsaturated/α-hetero) is 1. The number of carbonyl (C=O) groups excluding carboxylic acids is 1. The summed E-state index contributed by atoms with van der Waals surface area (Å²) in [5.74, 6) is 1.87. The van der Waals surface area contributed by atoms with Crippen LogP contribution >= 0.6 is 0 Å². The van der Waals surface area contributed by atoms with Gasteiger partial charge in [-0.2, -0.15) is 0 Å². The second-order valence-corrected chi connectivity index (χ2v) is 5.90. The fourth-order valence-electron chi connectivity index (χ4n) is 2.59. The summed E-state index contributed by atoms with van der Waals surface area (Å²) >= 11 is 0.